The van der Waals surface area contributed by atoms with E-state index < -0.39 is 0 Å². The monoisotopic (exact) mass is 264 g/mol. The molecule has 1 N–H and O–H groups in total. The molecule has 1 fully saturated rings. The highest BCUT2D eigenvalue weighted by Crippen LogP contribution is 2.29. The third-order valence-corrected chi connectivity index (χ3v) is 3.50. The molecule has 0 heterocycles. The van der Waals surface area contributed by atoms with E-state index in [2.05, 4.69) is 29.0 Å². The molecule has 1 aliphatic carbocycles. The zero-order chi connectivity index (χ0) is 13.9. The van der Waals surface area contributed by atoms with Gasteiger partial charge in [0.2, 0.25) is 0 Å². The van der Waals surface area contributed by atoms with Crippen molar-refractivity contribution in [1.82, 2.24) is 0 Å². The number of hydrogen-bond donors (Lipinski definition) is 1. The number of aliphatic hydroxyl groups excluding tert-OH is 1. The van der Waals surface area contributed by atoms with Gasteiger partial charge < -0.3 is 9.84 Å². The van der Waals surface area contributed by atoms with Crippen molar-refractivity contribution in [3.8, 4) is 0 Å². The van der Waals surface area contributed by atoms with E-state index in [1.807, 2.05) is 6.07 Å². The highest BCUT2D eigenvalue weighted by atomic mass is 16.5. The van der Waals surface area contributed by atoms with Gasteiger partial charge in [-0.3, -0.25) is 4.79 Å². The Morgan fingerprint density at radius 2 is 2.05 bits per heavy atom. The number of hydrogen-bond acceptors (Lipinski definition) is 3. The van der Waals surface area contributed by atoms with Crippen molar-refractivity contribution in [2.24, 2.45) is 5.92 Å². The van der Waals surface area contributed by atoms with Crippen LogP contribution in [0.25, 0.3) is 0 Å². The Balaban J connectivity index is 0.000000312. The molecule has 0 saturated heterocycles. The predicted octanol–water partition coefficient (Wildman–Crippen LogP) is 2.96. The lowest BCUT2D eigenvalue weighted by Gasteiger charge is -2.13. The predicted molar refractivity (Wildman–Crippen MR) is 75.8 cm³/mol. The Bertz CT molecular complexity index is 337. The van der Waals surface area contributed by atoms with Gasteiger partial charge in [-0.25, -0.2) is 0 Å². The number of aliphatic hydroxyl groups is 1. The normalized spacial score (nSPS) is 21.4. The summed E-state index contributed by atoms with van der Waals surface area (Å²) in [7, 11) is 0. The van der Waals surface area contributed by atoms with E-state index in [0.717, 1.165) is 19.3 Å². The van der Waals surface area contributed by atoms with Gasteiger partial charge in [-0.1, -0.05) is 36.8 Å². The molecule has 0 bridgehead atoms. The Kier molecular flexibility index (Phi) is 7.91. The number of rotatable bonds is 5. The molecular weight excluding hydrogens is 240 g/mol. The highest BCUT2D eigenvalue weighted by Gasteiger charge is 2.24. The van der Waals surface area contributed by atoms with Gasteiger partial charge in [-0.05, 0) is 44.1 Å². The molecule has 1 aromatic carbocycles. The van der Waals surface area contributed by atoms with E-state index in [1.54, 1.807) is 6.92 Å². The van der Waals surface area contributed by atoms with Crippen LogP contribution in [0.3, 0.4) is 0 Å². The molecule has 1 saturated carbocycles. The van der Waals surface area contributed by atoms with Crippen molar-refractivity contribution in [2.75, 3.05) is 6.61 Å². The summed E-state index contributed by atoms with van der Waals surface area (Å²) in [6.45, 7) is 2.66. The minimum atomic E-state index is -0.0290. The van der Waals surface area contributed by atoms with Gasteiger partial charge in [-0.2, -0.15) is 0 Å². The summed E-state index contributed by atoms with van der Waals surface area (Å²) < 4.78 is 4.15. The van der Waals surface area contributed by atoms with Crippen molar-refractivity contribution in [3.05, 3.63) is 35.9 Å². The lowest BCUT2D eigenvalue weighted by molar-refractivity contribution is -0.128. The minimum absolute atomic E-state index is 0.0290. The topological polar surface area (TPSA) is 46.5 Å². The second-order valence-corrected chi connectivity index (χ2v) is 4.83. The molecule has 1 aromatic rings. The van der Waals surface area contributed by atoms with Gasteiger partial charge in [0.1, 0.15) is 0 Å². The largest absolute Gasteiger partial charge is 0.468 e. The third kappa shape index (κ3) is 6.39. The van der Waals surface area contributed by atoms with Crippen LogP contribution in [0.15, 0.2) is 30.3 Å². The Hall–Kier alpha value is -1.35. The molecule has 19 heavy (non-hydrogen) atoms. The molecule has 0 aliphatic heterocycles. The van der Waals surface area contributed by atoms with E-state index in [-0.39, 0.29) is 6.10 Å². The van der Waals surface area contributed by atoms with E-state index in [0.29, 0.717) is 19.0 Å². The van der Waals surface area contributed by atoms with Gasteiger partial charge in [0.15, 0.2) is 0 Å². The molecule has 3 nitrogen and oxygen atoms in total. The van der Waals surface area contributed by atoms with Crippen LogP contribution in [0.4, 0.5) is 0 Å². The molecule has 106 valence electrons. The molecule has 1 aliphatic rings. The number of carbonyl (C=O) groups is 1. The number of ether oxygens (including phenoxy) is 1. The fourth-order valence-electron chi connectivity index (χ4n) is 2.42. The summed E-state index contributed by atoms with van der Waals surface area (Å²) in [6, 6.07) is 10.6. The lowest BCUT2D eigenvalue weighted by atomic mass is 9.97. The summed E-state index contributed by atoms with van der Waals surface area (Å²) >= 11 is 0. The van der Waals surface area contributed by atoms with Crippen LogP contribution in [-0.2, 0) is 16.0 Å². The average molecular weight is 264 g/mol. The summed E-state index contributed by atoms with van der Waals surface area (Å²) in [5.41, 5.74) is 1.40. The Morgan fingerprint density at radius 1 is 1.32 bits per heavy atom. The van der Waals surface area contributed by atoms with Crippen molar-refractivity contribution in [3.63, 3.8) is 0 Å². The smallest absolute Gasteiger partial charge is 0.293 e. The van der Waals surface area contributed by atoms with Gasteiger partial charge >= 0.3 is 0 Å². The van der Waals surface area contributed by atoms with Crippen molar-refractivity contribution < 1.29 is 14.6 Å². The van der Waals surface area contributed by atoms with Crippen molar-refractivity contribution in [1.29, 1.82) is 0 Å². The maximum Gasteiger partial charge on any atom is 0.293 e. The van der Waals surface area contributed by atoms with Crippen LogP contribution in [0.2, 0.25) is 0 Å². The lowest BCUT2D eigenvalue weighted by Crippen LogP contribution is -2.13. The van der Waals surface area contributed by atoms with Crippen molar-refractivity contribution in [2.45, 2.75) is 45.1 Å². The van der Waals surface area contributed by atoms with Crippen LogP contribution < -0.4 is 0 Å². The quantitative estimate of drug-likeness (QED) is 0.832. The molecule has 0 radical (unpaired) electrons. The first kappa shape index (κ1) is 15.7. The van der Waals surface area contributed by atoms with E-state index >= 15 is 0 Å². The Morgan fingerprint density at radius 3 is 2.53 bits per heavy atom. The summed E-state index contributed by atoms with van der Waals surface area (Å²) in [5.74, 6) is 0.551. The van der Waals surface area contributed by atoms with Crippen LogP contribution in [0.1, 0.15) is 38.2 Å². The van der Waals surface area contributed by atoms with E-state index in [9.17, 15) is 9.90 Å². The maximum atomic E-state index is 9.67. The van der Waals surface area contributed by atoms with Crippen molar-refractivity contribution >= 4 is 6.47 Å². The highest BCUT2D eigenvalue weighted by molar-refractivity contribution is 5.36. The average Bonchev–Trinajstić information content (AvgIpc) is 2.85. The SMILES string of the molecule is CCOC=O.OC1CCCC1CCc1ccccc1. The van der Waals surface area contributed by atoms with Gasteiger partial charge in [0.25, 0.3) is 6.47 Å². The summed E-state index contributed by atoms with van der Waals surface area (Å²) in [4.78, 5) is 9.18. The molecular formula is C16H24O3. The third-order valence-electron chi connectivity index (χ3n) is 3.50. The maximum absolute atomic E-state index is 9.67. The first-order valence-corrected chi connectivity index (χ1v) is 7.05. The zero-order valence-electron chi connectivity index (χ0n) is 11.6. The second kappa shape index (κ2) is 9.56. The molecule has 0 spiro atoms. The fourth-order valence-corrected chi connectivity index (χ4v) is 2.42. The second-order valence-electron chi connectivity index (χ2n) is 4.83. The van der Waals surface area contributed by atoms with E-state index in [4.69, 9.17) is 0 Å². The summed E-state index contributed by atoms with van der Waals surface area (Å²) in [6.07, 6.45) is 5.67. The summed E-state index contributed by atoms with van der Waals surface area (Å²) in [5, 5.41) is 9.67. The Labute approximate surface area is 115 Å². The van der Waals surface area contributed by atoms with Gasteiger partial charge in [0, 0.05) is 0 Å². The van der Waals surface area contributed by atoms with Gasteiger partial charge in [0.05, 0.1) is 12.7 Å². The van der Waals surface area contributed by atoms with Crippen LogP contribution in [0.5, 0.6) is 0 Å². The van der Waals surface area contributed by atoms with Crippen LogP contribution in [-0.4, -0.2) is 24.3 Å². The standard InChI is InChI=1S/C13H18O.C3H6O2/c14-13-8-4-7-12(13)10-9-11-5-2-1-3-6-11;1-2-5-3-4/h1-3,5-6,12-14H,4,7-10H2;3H,2H2,1H3. The molecule has 0 aromatic heterocycles. The molecule has 3 heteroatoms. The zero-order valence-corrected chi connectivity index (χ0v) is 11.6. The molecule has 2 atom stereocenters. The molecule has 2 rings (SSSR count). The molecule has 0 amide bonds. The fraction of sp³-hybridized carbons (Fsp3) is 0.562. The number of benzene rings is 1. The first-order valence-electron chi connectivity index (χ1n) is 7.05. The minimum Gasteiger partial charge on any atom is -0.468 e. The van der Waals surface area contributed by atoms with Crippen LogP contribution in [0, 0.1) is 5.92 Å². The number of aryl methyl sites for hydroxylation is 1. The number of carbonyl (C=O) groups excluding carboxylic acids is 1. The van der Waals surface area contributed by atoms with E-state index in [1.165, 1.54) is 18.4 Å². The van der Waals surface area contributed by atoms with Crippen LogP contribution >= 0.6 is 0 Å². The van der Waals surface area contributed by atoms with Gasteiger partial charge in [-0.15, -0.1) is 0 Å². The molecule has 2 unspecified atom stereocenters. The first-order chi connectivity index (χ1) is 9.27.